The summed E-state index contributed by atoms with van der Waals surface area (Å²) in [6.45, 7) is 2.29. The highest BCUT2D eigenvalue weighted by Crippen LogP contribution is 2.24. The lowest BCUT2D eigenvalue weighted by molar-refractivity contribution is -0.116. The van der Waals surface area contributed by atoms with Crippen LogP contribution in [0.3, 0.4) is 0 Å². The lowest BCUT2D eigenvalue weighted by Crippen LogP contribution is -2.16. The molecule has 2 N–H and O–H groups in total. The number of methoxy groups -OCH3 is 1. The molecule has 0 radical (unpaired) electrons. The molecule has 30 heavy (non-hydrogen) atoms. The molecule has 3 rings (SSSR count). The van der Waals surface area contributed by atoms with Crippen molar-refractivity contribution in [3.8, 4) is 11.5 Å². The first kappa shape index (κ1) is 20.9. The van der Waals surface area contributed by atoms with E-state index < -0.39 is 0 Å². The predicted molar refractivity (Wildman–Crippen MR) is 117 cm³/mol. The number of anilines is 2. The normalized spacial score (nSPS) is 10.2. The Bertz CT molecular complexity index is 998. The number of benzene rings is 3. The summed E-state index contributed by atoms with van der Waals surface area (Å²) in [6, 6.07) is 21.6. The van der Waals surface area contributed by atoms with E-state index in [-0.39, 0.29) is 24.8 Å². The molecule has 154 valence electrons. The number of ether oxygens (including phenoxy) is 2. The van der Waals surface area contributed by atoms with Gasteiger partial charge in [-0.3, -0.25) is 9.59 Å². The molecule has 0 aromatic heterocycles. The van der Waals surface area contributed by atoms with Crippen LogP contribution >= 0.6 is 0 Å². The van der Waals surface area contributed by atoms with Gasteiger partial charge in [-0.1, -0.05) is 29.8 Å². The highest BCUT2D eigenvalue weighted by atomic mass is 16.5. The highest BCUT2D eigenvalue weighted by molar-refractivity contribution is 6.05. The van der Waals surface area contributed by atoms with E-state index in [0.29, 0.717) is 22.7 Å². The minimum Gasteiger partial charge on any atom is -0.495 e. The molecule has 3 aromatic carbocycles. The van der Waals surface area contributed by atoms with Crippen molar-refractivity contribution in [1.29, 1.82) is 0 Å². The van der Waals surface area contributed by atoms with Crippen molar-refractivity contribution in [3.63, 3.8) is 0 Å². The van der Waals surface area contributed by atoms with Crippen LogP contribution in [0.5, 0.6) is 11.5 Å². The summed E-state index contributed by atoms with van der Waals surface area (Å²) in [4.78, 5) is 24.5. The second-order valence-electron chi connectivity index (χ2n) is 6.69. The molecule has 0 fully saturated rings. The number of rotatable bonds is 8. The van der Waals surface area contributed by atoms with Crippen LogP contribution in [0.15, 0.2) is 72.8 Å². The summed E-state index contributed by atoms with van der Waals surface area (Å²) in [7, 11) is 1.55. The summed E-state index contributed by atoms with van der Waals surface area (Å²) in [6.07, 6.45) is 0.226. The summed E-state index contributed by atoms with van der Waals surface area (Å²) in [5.74, 6) is 0.901. The van der Waals surface area contributed by atoms with Crippen molar-refractivity contribution >= 4 is 23.2 Å². The van der Waals surface area contributed by atoms with Gasteiger partial charge < -0.3 is 20.1 Å². The van der Waals surface area contributed by atoms with E-state index in [1.165, 1.54) is 0 Å². The second kappa shape index (κ2) is 10.1. The number of carbonyl (C=O) groups excluding carboxylic acids is 2. The fourth-order valence-corrected chi connectivity index (χ4v) is 2.77. The second-order valence-corrected chi connectivity index (χ2v) is 6.69. The molecule has 0 heterocycles. The van der Waals surface area contributed by atoms with Gasteiger partial charge in [0.2, 0.25) is 5.91 Å². The number of hydrogen-bond donors (Lipinski definition) is 2. The van der Waals surface area contributed by atoms with Gasteiger partial charge in [0, 0.05) is 11.3 Å². The Morgan fingerprint density at radius 1 is 0.867 bits per heavy atom. The first-order valence-corrected chi connectivity index (χ1v) is 9.59. The van der Waals surface area contributed by atoms with Gasteiger partial charge >= 0.3 is 0 Å². The third-order valence-corrected chi connectivity index (χ3v) is 4.40. The number of carbonyl (C=O) groups is 2. The van der Waals surface area contributed by atoms with Crippen LogP contribution in [-0.4, -0.2) is 25.5 Å². The Kier molecular flexibility index (Phi) is 7.05. The Balaban J connectivity index is 1.49. The number of hydrogen-bond acceptors (Lipinski definition) is 4. The fourth-order valence-electron chi connectivity index (χ4n) is 2.77. The molecule has 0 aliphatic carbocycles. The topological polar surface area (TPSA) is 76.7 Å². The van der Waals surface area contributed by atoms with Crippen LogP contribution in [0.4, 0.5) is 11.4 Å². The van der Waals surface area contributed by atoms with E-state index in [2.05, 4.69) is 10.6 Å². The first-order valence-electron chi connectivity index (χ1n) is 9.59. The summed E-state index contributed by atoms with van der Waals surface area (Å²) < 4.78 is 10.8. The van der Waals surface area contributed by atoms with E-state index in [9.17, 15) is 9.59 Å². The summed E-state index contributed by atoms with van der Waals surface area (Å²) in [5.41, 5.74) is 2.84. The van der Waals surface area contributed by atoms with Crippen LogP contribution in [0.25, 0.3) is 0 Å². The van der Waals surface area contributed by atoms with Crippen molar-refractivity contribution in [2.75, 3.05) is 24.4 Å². The smallest absolute Gasteiger partial charge is 0.255 e. The standard InChI is InChI=1S/C24H24N2O4/c1-17-7-13-20(14-8-17)30-16-15-23(27)25-19-11-9-18(10-12-19)24(28)26-21-5-3-4-6-22(21)29-2/h3-14H,15-16H2,1-2H3,(H,25,27)(H,26,28). The monoisotopic (exact) mass is 404 g/mol. The van der Waals surface area contributed by atoms with Gasteiger partial charge in [-0.05, 0) is 55.5 Å². The molecule has 3 aromatic rings. The number of para-hydroxylation sites is 2. The van der Waals surface area contributed by atoms with Gasteiger partial charge in [-0.15, -0.1) is 0 Å². The first-order chi connectivity index (χ1) is 14.5. The Morgan fingerprint density at radius 2 is 1.57 bits per heavy atom. The molecule has 0 saturated carbocycles. The van der Waals surface area contributed by atoms with E-state index in [1.807, 2.05) is 43.3 Å². The molecule has 0 spiro atoms. The predicted octanol–water partition coefficient (Wildman–Crippen LogP) is 4.66. The molecule has 0 atom stereocenters. The molecular weight excluding hydrogens is 380 g/mol. The van der Waals surface area contributed by atoms with Gasteiger partial charge in [0.05, 0.1) is 25.8 Å². The van der Waals surface area contributed by atoms with Gasteiger partial charge in [0.1, 0.15) is 11.5 Å². The average molecular weight is 404 g/mol. The maximum Gasteiger partial charge on any atom is 0.255 e. The lowest BCUT2D eigenvalue weighted by atomic mass is 10.2. The number of aryl methyl sites for hydroxylation is 1. The average Bonchev–Trinajstić information content (AvgIpc) is 2.76. The van der Waals surface area contributed by atoms with Crippen molar-refractivity contribution in [2.45, 2.75) is 13.3 Å². The SMILES string of the molecule is COc1ccccc1NC(=O)c1ccc(NC(=O)CCOc2ccc(C)cc2)cc1. The molecule has 2 amide bonds. The molecular formula is C24H24N2O4. The van der Waals surface area contributed by atoms with Gasteiger partial charge in [-0.2, -0.15) is 0 Å². The van der Waals surface area contributed by atoms with E-state index in [1.54, 1.807) is 43.5 Å². The summed E-state index contributed by atoms with van der Waals surface area (Å²) in [5, 5.41) is 5.62. The minimum atomic E-state index is -0.260. The van der Waals surface area contributed by atoms with Crippen LogP contribution in [0, 0.1) is 6.92 Å². The Hall–Kier alpha value is -3.80. The van der Waals surface area contributed by atoms with Gasteiger partial charge in [-0.25, -0.2) is 0 Å². The van der Waals surface area contributed by atoms with Crippen LogP contribution in [0.1, 0.15) is 22.3 Å². The quantitative estimate of drug-likeness (QED) is 0.572. The molecule has 0 unspecified atom stereocenters. The van der Waals surface area contributed by atoms with Crippen molar-refractivity contribution in [2.24, 2.45) is 0 Å². The highest BCUT2D eigenvalue weighted by Gasteiger charge is 2.10. The van der Waals surface area contributed by atoms with E-state index in [0.717, 1.165) is 11.3 Å². The third-order valence-electron chi connectivity index (χ3n) is 4.40. The Morgan fingerprint density at radius 3 is 2.27 bits per heavy atom. The van der Waals surface area contributed by atoms with E-state index >= 15 is 0 Å². The molecule has 0 aliphatic rings. The van der Waals surface area contributed by atoms with Gasteiger partial charge in [0.15, 0.2) is 0 Å². The molecule has 0 saturated heterocycles. The maximum atomic E-state index is 12.4. The van der Waals surface area contributed by atoms with Crippen molar-refractivity contribution in [3.05, 3.63) is 83.9 Å². The summed E-state index contributed by atoms with van der Waals surface area (Å²) >= 11 is 0. The van der Waals surface area contributed by atoms with Crippen molar-refractivity contribution < 1.29 is 19.1 Å². The lowest BCUT2D eigenvalue weighted by Gasteiger charge is -2.10. The van der Waals surface area contributed by atoms with Crippen LogP contribution in [-0.2, 0) is 4.79 Å². The zero-order chi connectivity index (χ0) is 21.3. The number of nitrogens with one attached hydrogen (secondary N) is 2. The molecule has 6 heteroatoms. The molecule has 6 nitrogen and oxygen atoms in total. The molecule has 0 aliphatic heterocycles. The third kappa shape index (κ3) is 5.85. The molecule has 0 bridgehead atoms. The maximum absolute atomic E-state index is 12.4. The zero-order valence-corrected chi connectivity index (χ0v) is 17.0. The largest absolute Gasteiger partial charge is 0.495 e. The minimum absolute atomic E-state index is 0.159. The van der Waals surface area contributed by atoms with Crippen LogP contribution in [0.2, 0.25) is 0 Å². The van der Waals surface area contributed by atoms with Crippen molar-refractivity contribution in [1.82, 2.24) is 0 Å². The number of amides is 2. The van der Waals surface area contributed by atoms with Gasteiger partial charge in [0.25, 0.3) is 5.91 Å². The Labute approximate surface area is 175 Å². The zero-order valence-electron chi connectivity index (χ0n) is 17.0. The van der Waals surface area contributed by atoms with Crippen LogP contribution < -0.4 is 20.1 Å². The fraction of sp³-hybridized carbons (Fsp3) is 0.167. The van der Waals surface area contributed by atoms with E-state index in [4.69, 9.17) is 9.47 Å².